The van der Waals surface area contributed by atoms with Crippen LogP contribution in [0.2, 0.25) is 0 Å². The smallest absolute Gasteiger partial charge is 0.207 e. The molecule has 3 N–H and O–H groups in total. The first kappa shape index (κ1) is 7.34. The molecular weight excluding hydrogens is 128 g/mol. The van der Waals surface area contributed by atoms with Gasteiger partial charge in [-0.05, 0) is 20.8 Å². The molecule has 1 rings (SSSR count). The SMILES string of the molecule is CC1N=C(N)N(C(C)C)N1. The topological polar surface area (TPSA) is 53.6 Å². The molecule has 0 bridgehead atoms. The molecule has 0 aliphatic carbocycles. The Labute approximate surface area is 61.1 Å². The molecule has 58 valence electrons. The molecule has 0 aromatic carbocycles. The van der Waals surface area contributed by atoms with Crippen molar-refractivity contribution < 1.29 is 0 Å². The lowest BCUT2D eigenvalue weighted by Crippen LogP contribution is -2.47. The summed E-state index contributed by atoms with van der Waals surface area (Å²) in [5.74, 6) is 0.586. The Morgan fingerprint density at radius 3 is 2.50 bits per heavy atom. The molecule has 10 heavy (non-hydrogen) atoms. The molecule has 0 saturated carbocycles. The molecule has 0 aromatic rings. The zero-order valence-corrected chi connectivity index (χ0v) is 6.63. The van der Waals surface area contributed by atoms with Crippen molar-refractivity contribution >= 4 is 5.96 Å². The van der Waals surface area contributed by atoms with E-state index in [0.29, 0.717) is 12.0 Å². The van der Waals surface area contributed by atoms with Crippen LogP contribution in [0.25, 0.3) is 0 Å². The molecule has 0 aromatic heterocycles. The molecule has 0 spiro atoms. The van der Waals surface area contributed by atoms with Gasteiger partial charge in [0.1, 0.15) is 6.17 Å². The van der Waals surface area contributed by atoms with Crippen molar-refractivity contribution in [1.82, 2.24) is 10.4 Å². The van der Waals surface area contributed by atoms with Crippen molar-refractivity contribution in [1.29, 1.82) is 0 Å². The van der Waals surface area contributed by atoms with Gasteiger partial charge < -0.3 is 5.73 Å². The van der Waals surface area contributed by atoms with Crippen molar-refractivity contribution in [2.24, 2.45) is 10.7 Å². The maximum atomic E-state index is 5.58. The number of aliphatic imine (C=N–C) groups is 1. The van der Waals surface area contributed by atoms with E-state index in [4.69, 9.17) is 5.73 Å². The fourth-order valence-corrected chi connectivity index (χ4v) is 0.971. The summed E-state index contributed by atoms with van der Waals surface area (Å²) in [5.41, 5.74) is 8.69. The number of hydrogen-bond donors (Lipinski definition) is 2. The van der Waals surface area contributed by atoms with E-state index in [1.807, 2.05) is 11.9 Å². The van der Waals surface area contributed by atoms with E-state index in [1.54, 1.807) is 0 Å². The summed E-state index contributed by atoms with van der Waals surface area (Å²) in [7, 11) is 0. The van der Waals surface area contributed by atoms with Gasteiger partial charge in [0, 0.05) is 6.04 Å². The molecule has 1 unspecified atom stereocenters. The highest BCUT2D eigenvalue weighted by Gasteiger charge is 2.20. The largest absolute Gasteiger partial charge is 0.369 e. The highest BCUT2D eigenvalue weighted by Crippen LogP contribution is 2.02. The van der Waals surface area contributed by atoms with Crippen molar-refractivity contribution in [2.45, 2.75) is 33.0 Å². The molecule has 0 fully saturated rings. The summed E-state index contributed by atoms with van der Waals surface area (Å²) >= 11 is 0. The van der Waals surface area contributed by atoms with Gasteiger partial charge in [-0.1, -0.05) is 0 Å². The lowest BCUT2D eigenvalue weighted by molar-refractivity contribution is 0.254. The molecule has 1 atom stereocenters. The average molecular weight is 142 g/mol. The number of guanidine groups is 1. The van der Waals surface area contributed by atoms with Gasteiger partial charge >= 0.3 is 0 Å². The third-order valence-corrected chi connectivity index (χ3v) is 1.42. The standard InChI is InChI=1S/C6H14N4/c1-4(2)10-6(7)8-5(3)9-10/h4-5,9H,1-3H3,(H2,7,8). The van der Waals surface area contributed by atoms with Crippen LogP contribution in [0.1, 0.15) is 20.8 Å². The van der Waals surface area contributed by atoms with E-state index in [9.17, 15) is 0 Å². The fourth-order valence-electron chi connectivity index (χ4n) is 0.971. The van der Waals surface area contributed by atoms with E-state index in [1.165, 1.54) is 0 Å². The van der Waals surface area contributed by atoms with Crippen molar-refractivity contribution in [3.8, 4) is 0 Å². The molecule has 1 aliphatic heterocycles. The van der Waals surface area contributed by atoms with E-state index >= 15 is 0 Å². The van der Waals surface area contributed by atoms with E-state index in [-0.39, 0.29) is 6.17 Å². The molecular formula is C6H14N4. The molecule has 4 heteroatoms. The van der Waals surface area contributed by atoms with E-state index < -0.39 is 0 Å². The second-order valence-corrected chi connectivity index (χ2v) is 2.76. The first-order chi connectivity index (χ1) is 4.61. The summed E-state index contributed by atoms with van der Waals surface area (Å²) < 4.78 is 0. The van der Waals surface area contributed by atoms with Gasteiger partial charge in [0.15, 0.2) is 0 Å². The predicted octanol–water partition coefficient (Wildman–Crippen LogP) is -0.124. The third-order valence-electron chi connectivity index (χ3n) is 1.42. The molecule has 0 saturated heterocycles. The highest BCUT2D eigenvalue weighted by molar-refractivity contribution is 5.79. The van der Waals surface area contributed by atoms with Gasteiger partial charge in [-0.15, -0.1) is 0 Å². The van der Waals surface area contributed by atoms with Gasteiger partial charge in [0.05, 0.1) is 0 Å². The fraction of sp³-hybridized carbons (Fsp3) is 0.833. The quantitative estimate of drug-likeness (QED) is 0.536. The Morgan fingerprint density at radius 1 is 1.70 bits per heavy atom. The monoisotopic (exact) mass is 142 g/mol. The van der Waals surface area contributed by atoms with Gasteiger partial charge in [-0.3, -0.25) is 5.01 Å². The Kier molecular flexibility index (Phi) is 1.80. The van der Waals surface area contributed by atoms with E-state index in [0.717, 1.165) is 0 Å². The second-order valence-electron chi connectivity index (χ2n) is 2.76. The third kappa shape index (κ3) is 1.21. The van der Waals surface area contributed by atoms with Crippen LogP contribution in [0.4, 0.5) is 0 Å². The normalized spacial score (nSPS) is 25.8. The average Bonchev–Trinajstić information content (AvgIpc) is 2.10. The molecule has 1 aliphatic rings. The number of hydrogen-bond acceptors (Lipinski definition) is 4. The minimum Gasteiger partial charge on any atom is -0.369 e. The minimum atomic E-state index is 0.127. The second kappa shape index (κ2) is 2.46. The summed E-state index contributed by atoms with van der Waals surface area (Å²) in [4.78, 5) is 4.10. The number of nitrogens with one attached hydrogen (secondary N) is 1. The highest BCUT2D eigenvalue weighted by atomic mass is 15.6. The lowest BCUT2D eigenvalue weighted by Gasteiger charge is -2.22. The van der Waals surface area contributed by atoms with Gasteiger partial charge in [-0.2, -0.15) is 0 Å². The van der Waals surface area contributed by atoms with Crippen LogP contribution < -0.4 is 11.2 Å². The van der Waals surface area contributed by atoms with Crippen LogP contribution >= 0.6 is 0 Å². The summed E-state index contributed by atoms with van der Waals surface area (Å²) in [5, 5.41) is 1.87. The Morgan fingerprint density at radius 2 is 2.30 bits per heavy atom. The Balaban J connectivity index is 2.59. The Bertz CT molecular complexity index is 152. The van der Waals surface area contributed by atoms with Crippen molar-refractivity contribution in [3.05, 3.63) is 0 Å². The maximum absolute atomic E-state index is 5.58. The minimum absolute atomic E-state index is 0.127. The van der Waals surface area contributed by atoms with Crippen LogP contribution in [0, 0.1) is 0 Å². The first-order valence-electron chi connectivity index (χ1n) is 3.50. The van der Waals surface area contributed by atoms with Crippen LogP contribution in [-0.2, 0) is 0 Å². The van der Waals surface area contributed by atoms with Gasteiger partial charge in [0.2, 0.25) is 5.96 Å². The summed E-state index contributed by atoms with van der Waals surface area (Å²) in [6.45, 7) is 6.09. The van der Waals surface area contributed by atoms with Crippen LogP contribution in [0.15, 0.2) is 4.99 Å². The summed E-state index contributed by atoms with van der Waals surface area (Å²) in [6.07, 6.45) is 0.127. The van der Waals surface area contributed by atoms with E-state index in [2.05, 4.69) is 24.3 Å². The zero-order chi connectivity index (χ0) is 7.72. The summed E-state index contributed by atoms with van der Waals surface area (Å²) in [6, 6.07) is 0.369. The maximum Gasteiger partial charge on any atom is 0.207 e. The van der Waals surface area contributed by atoms with Gasteiger partial charge in [0.25, 0.3) is 0 Å². The molecule has 4 nitrogen and oxygen atoms in total. The van der Waals surface area contributed by atoms with Gasteiger partial charge in [-0.25, -0.2) is 10.4 Å². The lowest BCUT2D eigenvalue weighted by atomic mass is 10.4. The number of nitrogens with zero attached hydrogens (tertiary/aromatic N) is 2. The number of hydrazine groups is 1. The van der Waals surface area contributed by atoms with Crippen LogP contribution in [-0.4, -0.2) is 23.2 Å². The molecule has 0 radical (unpaired) electrons. The first-order valence-corrected chi connectivity index (χ1v) is 3.50. The van der Waals surface area contributed by atoms with Crippen LogP contribution in [0.3, 0.4) is 0 Å². The predicted molar refractivity (Wildman–Crippen MR) is 41.2 cm³/mol. The van der Waals surface area contributed by atoms with Crippen molar-refractivity contribution in [2.75, 3.05) is 0 Å². The molecule has 1 heterocycles. The van der Waals surface area contributed by atoms with Crippen LogP contribution in [0.5, 0.6) is 0 Å². The Hall–Kier alpha value is -0.770. The zero-order valence-electron chi connectivity index (χ0n) is 6.63. The molecule has 0 amide bonds. The number of rotatable bonds is 1. The van der Waals surface area contributed by atoms with Crippen molar-refractivity contribution in [3.63, 3.8) is 0 Å². The number of nitrogens with two attached hydrogens (primary N) is 1.